The fourth-order valence-corrected chi connectivity index (χ4v) is 3.69. The van der Waals surface area contributed by atoms with Crippen LogP contribution in [0.15, 0.2) is 48.5 Å². The SMILES string of the molecule is CC(Oc1cccc(C(C)(C)C)c1)C(=O)NCc1cccc(NC(=O)CCN2CCOCC2)c1. The van der Waals surface area contributed by atoms with Gasteiger partial charge in [0.15, 0.2) is 6.10 Å². The molecule has 1 heterocycles. The number of carbonyl (C=O) groups is 2. The molecule has 0 aliphatic carbocycles. The van der Waals surface area contributed by atoms with E-state index in [1.165, 1.54) is 0 Å². The molecule has 3 rings (SSSR count). The van der Waals surface area contributed by atoms with Gasteiger partial charge in [0, 0.05) is 38.3 Å². The number of nitrogens with one attached hydrogen (secondary N) is 2. The lowest BCUT2D eigenvalue weighted by Gasteiger charge is -2.26. The number of ether oxygens (including phenoxy) is 2. The average molecular weight is 468 g/mol. The van der Waals surface area contributed by atoms with Gasteiger partial charge in [-0.05, 0) is 47.7 Å². The molecule has 34 heavy (non-hydrogen) atoms. The molecule has 1 unspecified atom stereocenters. The van der Waals surface area contributed by atoms with Crippen molar-refractivity contribution in [3.8, 4) is 5.75 Å². The maximum atomic E-state index is 12.6. The minimum atomic E-state index is -0.627. The smallest absolute Gasteiger partial charge is 0.261 e. The van der Waals surface area contributed by atoms with Gasteiger partial charge >= 0.3 is 0 Å². The molecular formula is C27H37N3O4. The van der Waals surface area contributed by atoms with Gasteiger partial charge < -0.3 is 20.1 Å². The van der Waals surface area contributed by atoms with Crippen molar-refractivity contribution in [2.75, 3.05) is 38.2 Å². The number of benzene rings is 2. The van der Waals surface area contributed by atoms with Gasteiger partial charge in [-0.2, -0.15) is 0 Å². The van der Waals surface area contributed by atoms with Crippen molar-refractivity contribution in [3.63, 3.8) is 0 Å². The van der Waals surface area contributed by atoms with Crippen molar-refractivity contribution >= 4 is 17.5 Å². The summed E-state index contributed by atoms with van der Waals surface area (Å²) in [5, 5.41) is 5.87. The quantitative estimate of drug-likeness (QED) is 0.588. The Kier molecular flexibility index (Phi) is 9.07. The van der Waals surface area contributed by atoms with E-state index in [1.54, 1.807) is 6.92 Å². The van der Waals surface area contributed by atoms with Gasteiger partial charge in [-0.1, -0.05) is 45.0 Å². The Morgan fingerprint density at radius 1 is 1.09 bits per heavy atom. The molecular weight excluding hydrogens is 430 g/mol. The summed E-state index contributed by atoms with van der Waals surface area (Å²) in [6.45, 7) is 12.4. The molecule has 1 atom stereocenters. The number of nitrogens with zero attached hydrogens (tertiary/aromatic N) is 1. The zero-order valence-corrected chi connectivity index (χ0v) is 20.7. The van der Waals surface area contributed by atoms with E-state index in [-0.39, 0.29) is 17.2 Å². The zero-order valence-electron chi connectivity index (χ0n) is 20.7. The van der Waals surface area contributed by atoms with Crippen LogP contribution in [-0.2, 0) is 26.3 Å². The number of carbonyl (C=O) groups excluding carboxylic acids is 2. The first-order valence-corrected chi connectivity index (χ1v) is 11.9. The van der Waals surface area contributed by atoms with Crippen LogP contribution < -0.4 is 15.4 Å². The van der Waals surface area contributed by atoms with Gasteiger partial charge in [0.1, 0.15) is 5.75 Å². The lowest BCUT2D eigenvalue weighted by molar-refractivity contribution is -0.127. The van der Waals surface area contributed by atoms with E-state index in [0.717, 1.165) is 49.7 Å². The van der Waals surface area contributed by atoms with Crippen molar-refractivity contribution in [2.45, 2.75) is 52.2 Å². The molecule has 2 aromatic rings. The largest absolute Gasteiger partial charge is 0.481 e. The Hall–Kier alpha value is -2.90. The molecule has 0 bridgehead atoms. The minimum Gasteiger partial charge on any atom is -0.481 e. The molecule has 0 spiro atoms. The van der Waals surface area contributed by atoms with E-state index < -0.39 is 6.10 Å². The molecule has 184 valence electrons. The Balaban J connectivity index is 1.46. The lowest BCUT2D eigenvalue weighted by atomic mass is 9.87. The molecule has 1 aliphatic rings. The zero-order chi connectivity index (χ0) is 24.6. The van der Waals surface area contributed by atoms with E-state index in [2.05, 4.69) is 42.4 Å². The predicted molar refractivity (Wildman–Crippen MR) is 134 cm³/mol. The molecule has 2 amide bonds. The first-order valence-electron chi connectivity index (χ1n) is 11.9. The minimum absolute atomic E-state index is 0.00775. The van der Waals surface area contributed by atoms with Gasteiger partial charge in [0.2, 0.25) is 5.91 Å². The number of rotatable bonds is 9. The highest BCUT2D eigenvalue weighted by atomic mass is 16.5. The van der Waals surface area contributed by atoms with Crippen LogP contribution in [0.25, 0.3) is 0 Å². The summed E-state index contributed by atoms with van der Waals surface area (Å²) in [7, 11) is 0. The third-order valence-corrected chi connectivity index (χ3v) is 5.82. The van der Waals surface area contributed by atoms with Crippen LogP contribution >= 0.6 is 0 Å². The van der Waals surface area contributed by atoms with Crippen molar-refractivity contribution in [2.24, 2.45) is 0 Å². The Labute approximate surface area is 202 Å². The molecule has 1 fully saturated rings. The molecule has 1 aliphatic heterocycles. The fourth-order valence-electron chi connectivity index (χ4n) is 3.69. The maximum absolute atomic E-state index is 12.6. The van der Waals surface area contributed by atoms with Gasteiger partial charge in [0.25, 0.3) is 5.91 Å². The summed E-state index contributed by atoms with van der Waals surface area (Å²) in [6, 6.07) is 15.4. The van der Waals surface area contributed by atoms with Crippen molar-refractivity contribution in [1.29, 1.82) is 0 Å². The van der Waals surface area contributed by atoms with Crippen molar-refractivity contribution in [1.82, 2.24) is 10.2 Å². The standard InChI is InChI=1S/C27H37N3O4/c1-20(34-24-10-6-8-22(18-24)27(2,3)4)26(32)28-19-21-7-5-9-23(17-21)29-25(31)11-12-30-13-15-33-16-14-30/h5-10,17-18,20H,11-16,19H2,1-4H3,(H,28,32)(H,29,31). The lowest BCUT2D eigenvalue weighted by Crippen LogP contribution is -2.38. The van der Waals surface area contributed by atoms with Crippen LogP contribution in [0.4, 0.5) is 5.69 Å². The summed E-state index contributed by atoms with van der Waals surface area (Å²) in [5.41, 5.74) is 2.79. The average Bonchev–Trinajstić information content (AvgIpc) is 2.82. The first-order chi connectivity index (χ1) is 16.2. The van der Waals surface area contributed by atoms with E-state index in [4.69, 9.17) is 9.47 Å². The Bertz CT molecular complexity index is 964. The van der Waals surface area contributed by atoms with Gasteiger partial charge in [-0.25, -0.2) is 0 Å². The van der Waals surface area contributed by atoms with Gasteiger partial charge in [-0.3, -0.25) is 14.5 Å². The molecule has 7 nitrogen and oxygen atoms in total. The van der Waals surface area contributed by atoms with Crippen LogP contribution in [-0.4, -0.2) is 55.7 Å². The van der Waals surface area contributed by atoms with Gasteiger partial charge in [-0.15, -0.1) is 0 Å². The number of hydrogen-bond donors (Lipinski definition) is 2. The van der Waals surface area contributed by atoms with E-state index >= 15 is 0 Å². The van der Waals surface area contributed by atoms with Crippen LogP contribution in [0.2, 0.25) is 0 Å². The maximum Gasteiger partial charge on any atom is 0.261 e. The Morgan fingerprint density at radius 3 is 2.56 bits per heavy atom. The molecule has 2 N–H and O–H groups in total. The van der Waals surface area contributed by atoms with E-state index in [1.807, 2.05) is 42.5 Å². The van der Waals surface area contributed by atoms with Crippen LogP contribution in [0, 0.1) is 0 Å². The topological polar surface area (TPSA) is 79.9 Å². The second-order valence-electron chi connectivity index (χ2n) is 9.71. The summed E-state index contributed by atoms with van der Waals surface area (Å²) < 4.78 is 11.2. The van der Waals surface area contributed by atoms with Gasteiger partial charge in [0.05, 0.1) is 13.2 Å². The Morgan fingerprint density at radius 2 is 1.82 bits per heavy atom. The number of amides is 2. The van der Waals surface area contributed by atoms with Crippen molar-refractivity contribution in [3.05, 3.63) is 59.7 Å². The van der Waals surface area contributed by atoms with E-state index in [9.17, 15) is 9.59 Å². The first kappa shape index (κ1) is 25.7. The second-order valence-corrected chi connectivity index (χ2v) is 9.71. The van der Waals surface area contributed by atoms with Crippen molar-refractivity contribution < 1.29 is 19.1 Å². The second kappa shape index (κ2) is 12.0. The van der Waals surface area contributed by atoms with Crippen LogP contribution in [0.1, 0.15) is 45.2 Å². The predicted octanol–water partition coefficient (Wildman–Crippen LogP) is 3.73. The molecule has 2 aromatic carbocycles. The highest BCUT2D eigenvalue weighted by molar-refractivity contribution is 5.90. The molecule has 1 saturated heterocycles. The third kappa shape index (κ3) is 8.15. The number of hydrogen-bond acceptors (Lipinski definition) is 5. The molecule has 0 saturated carbocycles. The molecule has 7 heteroatoms. The summed E-state index contributed by atoms with van der Waals surface area (Å²) in [6.07, 6.45) is -0.190. The summed E-state index contributed by atoms with van der Waals surface area (Å²) in [5.74, 6) is 0.463. The molecule has 0 aromatic heterocycles. The summed E-state index contributed by atoms with van der Waals surface area (Å²) >= 11 is 0. The highest BCUT2D eigenvalue weighted by Gasteiger charge is 2.18. The molecule has 0 radical (unpaired) electrons. The number of morpholine rings is 1. The van der Waals surface area contributed by atoms with Crippen LogP contribution in [0.3, 0.4) is 0 Å². The summed E-state index contributed by atoms with van der Waals surface area (Å²) in [4.78, 5) is 27.1. The monoisotopic (exact) mass is 467 g/mol. The number of anilines is 1. The van der Waals surface area contributed by atoms with E-state index in [0.29, 0.717) is 18.7 Å². The highest BCUT2D eigenvalue weighted by Crippen LogP contribution is 2.26. The normalized spacial score (nSPS) is 15.4. The van der Waals surface area contributed by atoms with Crippen LogP contribution in [0.5, 0.6) is 5.75 Å². The fraction of sp³-hybridized carbons (Fsp3) is 0.481. The third-order valence-electron chi connectivity index (χ3n) is 5.82.